The quantitative estimate of drug-likeness (QED) is 0.877. The van der Waals surface area contributed by atoms with Gasteiger partial charge in [-0.3, -0.25) is 4.79 Å². The van der Waals surface area contributed by atoms with Crippen molar-refractivity contribution in [3.8, 4) is 11.5 Å². The summed E-state index contributed by atoms with van der Waals surface area (Å²) in [5, 5.41) is 1.73. The van der Waals surface area contributed by atoms with Crippen LogP contribution >= 0.6 is 23.1 Å². The first-order valence-corrected chi connectivity index (χ1v) is 10.5. The van der Waals surface area contributed by atoms with Gasteiger partial charge in [0, 0.05) is 16.0 Å². The van der Waals surface area contributed by atoms with Gasteiger partial charge >= 0.3 is 4.87 Å². The van der Waals surface area contributed by atoms with E-state index in [0.29, 0.717) is 17.1 Å². The number of fused-ring (bicyclic) bond motifs is 6. The molecule has 0 spiro atoms. The topological polar surface area (TPSA) is 51.3 Å². The largest absolute Gasteiger partial charge is 0.493 e. The number of hydrogen-bond acceptors (Lipinski definition) is 5. The molecule has 0 radical (unpaired) electrons. The smallest absolute Gasteiger partial charge is 0.305 e. The van der Waals surface area contributed by atoms with Crippen molar-refractivity contribution < 1.29 is 9.47 Å². The molecular formula is C19H21NO3S2. The number of benzene rings is 1. The van der Waals surface area contributed by atoms with Crippen molar-refractivity contribution in [3.05, 3.63) is 38.3 Å². The van der Waals surface area contributed by atoms with Gasteiger partial charge in [0.25, 0.3) is 0 Å². The fourth-order valence-corrected chi connectivity index (χ4v) is 8.16. The molecule has 0 saturated heterocycles. The summed E-state index contributed by atoms with van der Waals surface area (Å²) < 4.78 is 10.9. The number of ether oxygens (including phenoxy) is 2. The van der Waals surface area contributed by atoms with Gasteiger partial charge in [0.05, 0.1) is 19.2 Å². The minimum atomic E-state index is 0.0651. The molecule has 4 nitrogen and oxygen atoms in total. The second kappa shape index (κ2) is 5.81. The van der Waals surface area contributed by atoms with Gasteiger partial charge in [-0.25, -0.2) is 0 Å². The maximum atomic E-state index is 12.1. The second-order valence-corrected chi connectivity index (χ2v) is 9.50. The maximum absolute atomic E-state index is 12.1. The van der Waals surface area contributed by atoms with Gasteiger partial charge in [0.15, 0.2) is 11.5 Å². The first kappa shape index (κ1) is 15.8. The fraction of sp³-hybridized carbons (Fsp3) is 0.526. The molecule has 0 amide bonds. The van der Waals surface area contributed by atoms with Gasteiger partial charge in [-0.2, -0.15) is 0 Å². The lowest BCUT2D eigenvalue weighted by molar-refractivity contribution is 0.306. The summed E-state index contributed by atoms with van der Waals surface area (Å²) in [7, 11) is 3.34. The molecule has 6 heteroatoms. The molecule has 0 unspecified atom stereocenters. The molecule has 5 atom stereocenters. The summed E-state index contributed by atoms with van der Waals surface area (Å²) in [6, 6.07) is 6.25. The molecule has 2 saturated carbocycles. The summed E-state index contributed by atoms with van der Waals surface area (Å²) in [6.45, 7) is 0. The van der Waals surface area contributed by atoms with E-state index in [1.807, 2.05) is 17.8 Å². The molecule has 1 aromatic carbocycles. The molecule has 3 aliphatic rings. The van der Waals surface area contributed by atoms with Crippen molar-refractivity contribution in [1.29, 1.82) is 0 Å². The molecule has 132 valence electrons. The van der Waals surface area contributed by atoms with E-state index in [1.54, 1.807) is 14.2 Å². The summed E-state index contributed by atoms with van der Waals surface area (Å²) in [5.41, 5.74) is 1.25. The second-order valence-electron chi connectivity index (χ2n) is 7.29. The van der Waals surface area contributed by atoms with E-state index in [4.69, 9.17) is 9.47 Å². The molecule has 2 aliphatic carbocycles. The molecule has 1 aromatic heterocycles. The van der Waals surface area contributed by atoms with Crippen molar-refractivity contribution in [2.45, 2.75) is 35.5 Å². The Balaban J connectivity index is 1.66. The molecule has 2 heterocycles. The number of thioether (sulfide) groups is 1. The van der Waals surface area contributed by atoms with Crippen LogP contribution in [0.2, 0.25) is 0 Å². The van der Waals surface area contributed by atoms with Gasteiger partial charge in [-0.1, -0.05) is 17.4 Å². The average Bonchev–Trinajstić information content (AvgIpc) is 3.32. The van der Waals surface area contributed by atoms with Crippen molar-refractivity contribution in [2.24, 2.45) is 17.8 Å². The number of hydrogen-bond donors (Lipinski definition) is 1. The number of methoxy groups -OCH3 is 2. The summed E-state index contributed by atoms with van der Waals surface area (Å²) in [6.07, 6.45) is 4.04. The highest BCUT2D eigenvalue weighted by Gasteiger charge is 2.54. The van der Waals surface area contributed by atoms with Crippen molar-refractivity contribution >= 4 is 23.1 Å². The summed E-state index contributed by atoms with van der Waals surface area (Å²) >= 11 is 3.32. The van der Waals surface area contributed by atoms with Crippen LogP contribution in [0.5, 0.6) is 11.5 Å². The van der Waals surface area contributed by atoms with Crippen LogP contribution in [0.1, 0.15) is 35.6 Å². The SMILES string of the molecule is COc1ccc([C@@H]2c3sc(=O)[nH]c3S[C@H]3[C@@H]4CC[C@@H](C4)[C@@H]23)cc1OC. The normalized spacial score (nSPS) is 32.3. The Morgan fingerprint density at radius 2 is 1.92 bits per heavy atom. The van der Waals surface area contributed by atoms with E-state index in [0.717, 1.165) is 28.4 Å². The minimum absolute atomic E-state index is 0.0651. The predicted molar refractivity (Wildman–Crippen MR) is 100 cm³/mol. The molecule has 25 heavy (non-hydrogen) atoms. The Bertz CT molecular complexity index is 874. The van der Waals surface area contributed by atoms with Gasteiger partial charge in [0.1, 0.15) is 0 Å². The predicted octanol–water partition coefficient (Wildman–Crippen LogP) is 4.11. The van der Waals surface area contributed by atoms with Gasteiger partial charge < -0.3 is 14.5 Å². The van der Waals surface area contributed by atoms with Crippen LogP contribution in [-0.4, -0.2) is 24.5 Å². The zero-order valence-electron chi connectivity index (χ0n) is 14.3. The highest BCUT2D eigenvalue weighted by atomic mass is 32.2. The van der Waals surface area contributed by atoms with Crippen LogP contribution in [0, 0.1) is 17.8 Å². The van der Waals surface area contributed by atoms with Crippen LogP contribution in [-0.2, 0) is 0 Å². The molecule has 5 rings (SSSR count). The third-order valence-corrected chi connectivity index (χ3v) is 8.86. The van der Waals surface area contributed by atoms with Crippen molar-refractivity contribution in [1.82, 2.24) is 4.98 Å². The lowest BCUT2D eigenvalue weighted by atomic mass is 9.75. The maximum Gasteiger partial charge on any atom is 0.305 e. The van der Waals surface area contributed by atoms with Crippen LogP contribution in [0.4, 0.5) is 0 Å². The number of nitrogens with one attached hydrogen (secondary N) is 1. The third-order valence-electron chi connectivity index (χ3n) is 6.23. The van der Waals surface area contributed by atoms with Gasteiger partial charge in [-0.05, 0) is 54.7 Å². The van der Waals surface area contributed by atoms with Gasteiger partial charge in [0.2, 0.25) is 0 Å². The number of aromatic amines is 1. The van der Waals surface area contributed by atoms with E-state index in [2.05, 4.69) is 17.1 Å². The molecule has 2 aromatic rings. The number of rotatable bonds is 3. The highest BCUT2D eigenvalue weighted by molar-refractivity contribution is 8.00. The Hall–Kier alpha value is -1.40. The van der Waals surface area contributed by atoms with Crippen molar-refractivity contribution in [3.63, 3.8) is 0 Å². The Kier molecular flexibility index (Phi) is 3.68. The summed E-state index contributed by atoms with van der Waals surface area (Å²) in [4.78, 5) is 16.4. The van der Waals surface area contributed by atoms with Crippen LogP contribution in [0.15, 0.2) is 28.0 Å². The third kappa shape index (κ3) is 2.30. The van der Waals surface area contributed by atoms with E-state index >= 15 is 0 Å². The molecule has 2 bridgehead atoms. The highest BCUT2D eigenvalue weighted by Crippen LogP contribution is 2.63. The minimum Gasteiger partial charge on any atom is -0.493 e. The van der Waals surface area contributed by atoms with Gasteiger partial charge in [-0.15, -0.1) is 11.8 Å². The number of aromatic nitrogens is 1. The zero-order chi connectivity index (χ0) is 17.1. The standard InChI is InChI=1S/C19H21NO3S2/c1-22-12-6-5-10(8-13(12)23-2)15-14-9-3-4-11(7-9)16(14)24-18-17(15)25-19(21)20-18/h5-6,8-9,11,14-16H,3-4,7H2,1-2H3,(H,20,21)/t9-,11+,14-,15-,16-/m0/s1. The molecular weight excluding hydrogens is 354 g/mol. The average molecular weight is 376 g/mol. The van der Waals surface area contributed by atoms with E-state index < -0.39 is 0 Å². The lowest BCUT2D eigenvalue weighted by Gasteiger charge is -2.40. The van der Waals surface area contributed by atoms with E-state index in [-0.39, 0.29) is 4.87 Å². The van der Waals surface area contributed by atoms with Crippen molar-refractivity contribution in [2.75, 3.05) is 14.2 Å². The summed E-state index contributed by atoms with van der Waals surface area (Å²) in [5.74, 6) is 4.03. The molecule has 1 N–H and O–H groups in total. The molecule has 2 fully saturated rings. The fourth-order valence-electron chi connectivity index (χ4n) is 5.27. The van der Waals surface area contributed by atoms with E-state index in [1.165, 1.54) is 41.0 Å². The first-order chi connectivity index (χ1) is 12.2. The van der Waals surface area contributed by atoms with Crippen LogP contribution < -0.4 is 14.3 Å². The van der Waals surface area contributed by atoms with Crippen LogP contribution in [0.3, 0.4) is 0 Å². The Morgan fingerprint density at radius 1 is 1.12 bits per heavy atom. The van der Waals surface area contributed by atoms with Crippen LogP contribution in [0.25, 0.3) is 0 Å². The van der Waals surface area contributed by atoms with E-state index in [9.17, 15) is 4.79 Å². The monoisotopic (exact) mass is 375 g/mol. The lowest BCUT2D eigenvalue weighted by Crippen LogP contribution is -2.33. The number of H-pyrrole nitrogens is 1. The molecule has 1 aliphatic heterocycles. The zero-order valence-corrected chi connectivity index (χ0v) is 15.9. The first-order valence-electron chi connectivity index (χ1n) is 8.81. The number of thiazole rings is 1. The Morgan fingerprint density at radius 3 is 2.72 bits per heavy atom. The Labute approximate surface area is 154 Å².